The number of hydrogen-bond donors (Lipinski definition) is 2. The van der Waals surface area contributed by atoms with Crippen molar-refractivity contribution in [3.8, 4) is 6.07 Å². The Morgan fingerprint density at radius 1 is 1.33 bits per heavy atom. The summed E-state index contributed by atoms with van der Waals surface area (Å²) in [7, 11) is 0.00716. The lowest BCUT2D eigenvalue weighted by Gasteiger charge is -2.24. The fourth-order valence-corrected chi connectivity index (χ4v) is 3.15. The number of benzene rings is 1. The van der Waals surface area contributed by atoms with Crippen LogP contribution in [0.25, 0.3) is 0 Å². The predicted molar refractivity (Wildman–Crippen MR) is 121 cm³/mol. The second-order valence-electron chi connectivity index (χ2n) is 6.17. The normalized spacial score (nSPS) is 13.8. The van der Waals surface area contributed by atoms with Crippen LogP contribution in [0, 0.1) is 11.3 Å². The number of esters is 1. The second kappa shape index (κ2) is 15.9. The summed E-state index contributed by atoms with van der Waals surface area (Å²) in [5, 5.41) is 12.1. The molecule has 12 heteroatoms. The van der Waals surface area contributed by atoms with Gasteiger partial charge in [0.1, 0.15) is 6.61 Å². The van der Waals surface area contributed by atoms with E-state index >= 15 is 0 Å². The Bertz CT molecular complexity index is 1030. The first-order chi connectivity index (χ1) is 16.9. The highest BCUT2D eigenvalue weighted by molar-refractivity contribution is 7.46. The highest BCUT2D eigenvalue weighted by atomic mass is 31.2. The molecule has 0 radical (unpaired) electrons. The Labute approximate surface area is 195 Å². The topological polar surface area (TPSA) is 153 Å². The molecule has 2 aromatic rings. The number of nitrogens with one attached hydrogen (secondary N) is 1. The number of carbonyl (C=O) groups excluding carboxylic acids is 1. The molecule has 11 nitrogen and oxygen atoms in total. The number of H-pyrrole nitrogens is 1. The van der Waals surface area contributed by atoms with Gasteiger partial charge in [0.25, 0.3) is 5.56 Å². The largest absolute Gasteiger partial charge is 0.457 e. The summed E-state index contributed by atoms with van der Waals surface area (Å²) in [5.41, 5.74) is -1.01. The summed E-state index contributed by atoms with van der Waals surface area (Å²) in [6.07, 6.45) is -0.424. The summed E-state index contributed by atoms with van der Waals surface area (Å²) in [6.45, 7) is 1.38. The van der Waals surface area contributed by atoms with Gasteiger partial charge in [0.15, 0.2) is 14.6 Å². The van der Waals surface area contributed by atoms with Gasteiger partial charge < -0.3 is 23.6 Å². The van der Waals surface area contributed by atoms with E-state index in [-0.39, 0.29) is 33.1 Å². The zero-order chi connectivity index (χ0) is 26.1. The second-order valence-corrected chi connectivity index (χ2v) is 7.57. The molecule has 180 valence electrons. The fourth-order valence-electron chi connectivity index (χ4n) is 2.35. The zero-order valence-corrected chi connectivity index (χ0v) is 19.2. The molecule has 0 saturated carbocycles. The molecule has 0 aliphatic heterocycles. The molecule has 0 fully saturated rings. The van der Waals surface area contributed by atoms with Gasteiger partial charge in [-0.15, -0.1) is 0 Å². The van der Waals surface area contributed by atoms with E-state index in [1.54, 1.807) is 37.0 Å². The van der Waals surface area contributed by atoms with E-state index < -0.39 is 37.9 Å². The van der Waals surface area contributed by atoms with Crippen LogP contribution in [0.3, 0.4) is 0 Å². The van der Waals surface area contributed by atoms with E-state index in [1.807, 2.05) is 6.07 Å². The molecule has 1 unspecified atom stereocenters. The summed E-state index contributed by atoms with van der Waals surface area (Å²) in [4.78, 5) is 38.1. The molecule has 0 aliphatic rings. The van der Waals surface area contributed by atoms with E-state index in [4.69, 9.17) is 26.6 Å². The molecule has 0 amide bonds. The quantitative estimate of drug-likeness (QED) is 0.261. The van der Waals surface area contributed by atoms with Gasteiger partial charge in [-0.05, 0) is 19.0 Å². The molecule has 0 saturated heterocycles. The molecule has 3 atom stereocenters. The van der Waals surface area contributed by atoms with Crippen LogP contribution in [-0.2, 0) is 18.5 Å². The number of nitriles is 1. The van der Waals surface area contributed by atoms with Crippen LogP contribution in [0.5, 0.6) is 0 Å². The number of aromatic amines is 1. The van der Waals surface area contributed by atoms with E-state index in [1.165, 1.54) is 13.3 Å². The van der Waals surface area contributed by atoms with Gasteiger partial charge in [-0.25, -0.2) is 9.59 Å². The van der Waals surface area contributed by atoms with Crippen LogP contribution in [-0.4, -0.2) is 61.8 Å². The molecule has 0 aliphatic carbocycles. The van der Waals surface area contributed by atoms with E-state index in [2.05, 4.69) is 10.1 Å². The van der Waals surface area contributed by atoms with Gasteiger partial charge in [0.2, 0.25) is 1.43 Å². The highest BCUT2D eigenvalue weighted by Gasteiger charge is 2.20. The molecule has 0 bridgehead atoms. The minimum Gasteiger partial charge on any atom is -0.457 e. The van der Waals surface area contributed by atoms with Crippen molar-refractivity contribution in [3.63, 3.8) is 0 Å². The molecule has 1 heterocycles. The molecule has 1 aromatic carbocycles. The number of aliphatic hydroxyl groups excluding tert-OH is 1. The number of ether oxygens (including phenoxy) is 2. The number of aliphatic hydroxyl groups is 1. The van der Waals surface area contributed by atoms with E-state index in [9.17, 15) is 14.4 Å². The third-order valence-corrected chi connectivity index (χ3v) is 4.87. The average Bonchev–Trinajstić information content (AvgIpc) is 2.85. The number of rotatable bonds is 12. The minimum atomic E-state index is -1.28. The summed E-state index contributed by atoms with van der Waals surface area (Å²) < 4.78 is 36.6. The average molecular weight is 484 g/mol. The molecule has 2 N–H and O–H groups in total. The third kappa shape index (κ3) is 10.5. The van der Waals surface area contributed by atoms with Crippen LogP contribution >= 0.6 is 8.38 Å². The van der Waals surface area contributed by atoms with Crippen molar-refractivity contribution in [3.05, 3.63) is 69.0 Å². The Balaban J connectivity index is 0.00000194. The van der Waals surface area contributed by atoms with E-state index in [0.29, 0.717) is 5.56 Å². The molecular formula is C21H28N3O8P. The van der Waals surface area contributed by atoms with Crippen molar-refractivity contribution < 1.29 is 29.8 Å². The molecule has 33 heavy (non-hydrogen) atoms. The van der Waals surface area contributed by atoms with Crippen LogP contribution in [0.4, 0.5) is 0 Å². The summed E-state index contributed by atoms with van der Waals surface area (Å²) in [6, 6.07) is 11.4. The fraction of sp³-hybridized carbons (Fsp3) is 0.429. The Morgan fingerprint density at radius 2 is 2.06 bits per heavy atom. The van der Waals surface area contributed by atoms with Crippen molar-refractivity contribution in [2.75, 3.05) is 33.6 Å². The van der Waals surface area contributed by atoms with Crippen molar-refractivity contribution in [1.82, 2.24) is 9.55 Å². The van der Waals surface area contributed by atoms with Crippen LogP contribution in [0.2, 0.25) is 0 Å². The SMILES string of the molecule is [2H]C[C@H](COP(C)OCCC#N)O[C@H](COC(=O)c1ccccc1)n1ccc(=O)[nH]c1=O.[3H]OC. The van der Waals surface area contributed by atoms with Crippen molar-refractivity contribution in [1.29, 1.82) is 6.69 Å². The first kappa shape index (κ1) is 24.8. The van der Waals surface area contributed by atoms with Gasteiger partial charge in [-0.3, -0.25) is 14.3 Å². The molecule has 0 spiro atoms. The van der Waals surface area contributed by atoms with Crippen molar-refractivity contribution in [2.24, 2.45) is 0 Å². The maximum absolute atomic E-state index is 12.3. The van der Waals surface area contributed by atoms with Crippen LogP contribution in [0.15, 0.2) is 52.2 Å². The standard InChI is InChI=1S/C20H24N3O7P.CH4O/c1-15(13-29-31(2)28-12-6-10-21)30-18(23-11-9-17(24)22-20(23)26)14-27-19(25)16-7-4-3-5-8-16;1-2/h3-5,7-9,11,15,18H,6,12-14H2,1-2H3,(H,22,24,26);2H,1H3/t15-,18-,31?;/m1./s1/i1D;2T. The summed E-state index contributed by atoms with van der Waals surface area (Å²) >= 11 is 0. The molecular weight excluding hydrogens is 453 g/mol. The molecule has 1 aromatic heterocycles. The number of aromatic nitrogens is 2. The van der Waals surface area contributed by atoms with Gasteiger partial charge >= 0.3 is 11.7 Å². The lowest BCUT2D eigenvalue weighted by molar-refractivity contribution is -0.0917. The lowest BCUT2D eigenvalue weighted by Crippen LogP contribution is -2.36. The van der Waals surface area contributed by atoms with Crippen molar-refractivity contribution >= 4 is 14.3 Å². The first-order valence-corrected chi connectivity index (χ1v) is 11.3. The lowest BCUT2D eigenvalue weighted by atomic mass is 10.2. The third-order valence-electron chi connectivity index (χ3n) is 3.81. The monoisotopic (exact) mass is 484 g/mol. The Hall–Kier alpha value is -2.87. The van der Waals surface area contributed by atoms with Crippen LogP contribution in [0.1, 0.15) is 31.3 Å². The highest BCUT2D eigenvalue weighted by Crippen LogP contribution is 2.33. The Morgan fingerprint density at radius 3 is 2.70 bits per heavy atom. The Kier molecular flexibility index (Phi) is 11.9. The maximum atomic E-state index is 12.3. The maximum Gasteiger partial charge on any atom is 0.338 e. The van der Waals surface area contributed by atoms with Crippen molar-refractivity contribution in [2.45, 2.75) is 25.7 Å². The van der Waals surface area contributed by atoms with Gasteiger partial charge in [-0.2, -0.15) is 5.26 Å². The van der Waals surface area contributed by atoms with Gasteiger partial charge in [0.05, 0.1) is 37.4 Å². The number of hydrogen-bond acceptors (Lipinski definition) is 9. The molecule has 2 rings (SSSR count). The zero-order valence-electron chi connectivity index (χ0n) is 20.3. The smallest absolute Gasteiger partial charge is 0.338 e. The van der Waals surface area contributed by atoms with Gasteiger partial charge in [-0.1, -0.05) is 18.2 Å². The van der Waals surface area contributed by atoms with Crippen LogP contribution < -0.4 is 11.2 Å². The predicted octanol–water partition coefficient (Wildman–Crippen LogP) is 1.79. The summed E-state index contributed by atoms with van der Waals surface area (Å²) in [5.74, 6) is -0.613. The number of nitrogens with zero attached hydrogens (tertiary/aromatic N) is 2. The van der Waals surface area contributed by atoms with E-state index in [0.717, 1.165) is 10.6 Å². The van der Waals surface area contributed by atoms with Gasteiger partial charge in [0, 0.05) is 27.4 Å². The number of carbonyl (C=O) groups is 1. The first-order valence-electron chi connectivity index (χ1n) is 10.8. The minimum absolute atomic E-state index is 0.0144.